The van der Waals surface area contributed by atoms with Gasteiger partial charge in [-0.2, -0.15) is 0 Å². The van der Waals surface area contributed by atoms with Crippen LogP contribution < -0.4 is 16.4 Å². The maximum absolute atomic E-state index is 12.3. The molecule has 1 saturated heterocycles. The molecule has 2 aromatic rings. The number of esters is 1. The molecule has 1 aliphatic heterocycles. The molecule has 0 aliphatic carbocycles. The average Bonchev–Trinajstić information content (AvgIpc) is 3.15. The molecule has 8 nitrogen and oxygen atoms in total. The quantitative estimate of drug-likeness (QED) is 0.803. The Morgan fingerprint density at radius 2 is 2.00 bits per heavy atom. The van der Waals surface area contributed by atoms with Gasteiger partial charge in [0.05, 0.1) is 17.7 Å². The number of hydrogen-bond donors (Lipinski definition) is 2. The summed E-state index contributed by atoms with van der Waals surface area (Å²) >= 11 is 1.07. The molecule has 1 amide bonds. The SMILES string of the molecule is CCOC(=O)c1nc(N2CCCC2)nc2sc(C(N)=O)c(N)c12. The number of carbonyl (C=O) groups is 2. The van der Waals surface area contributed by atoms with E-state index in [1.807, 2.05) is 4.90 Å². The molecular weight excluding hydrogens is 318 g/mol. The predicted molar refractivity (Wildman–Crippen MR) is 87.7 cm³/mol. The van der Waals surface area contributed by atoms with Crippen molar-refractivity contribution < 1.29 is 14.3 Å². The molecule has 0 bridgehead atoms. The molecule has 4 N–H and O–H groups in total. The van der Waals surface area contributed by atoms with Crippen molar-refractivity contribution in [2.24, 2.45) is 5.73 Å². The molecule has 122 valence electrons. The zero-order chi connectivity index (χ0) is 16.6. The van der Waals surface area contributed by atoms with Crippen molar-refractivity contribution in [1.29, 1.82) is 0 Å². The Morgan fingerprint density at radius 1 is 1.30 bits per heavy atom. The Labute approximate surface area is 136 Å². The van der Waals surface area contributed by atoms with Gasteiger partial charge in [0.1, 0.15) is 9.71 Å². The van der Waals surface area contributed by atoms with Crippen LogP contribution in [0.3, 0.4) is 0 Å². The zero-order valence-electron chi connectivity index (χ0n) is 12.7. The molecule has 0 atom stereocenters. The second-order valence-corrected chi connectivity index (χ2v) is 6.18. The predicted octanol–water partition coefficient (Wildman–Crippen LogP) is 1.15. The fourth-order valence-corrected chi connectivity index (χ4v) is 3.54. The maximum Gasteiger partial charge on any atom is 0.357 e. The van der Waals surface area contributed by atoms with Gasteiger partial charge in [-0.3, -0.25) is 4.79 Å². The molecule has 9 heteroatoms. The third-order valence-corrected chi connectivity index (χ3v) is 4.77. The van der Waals surface area contributed by atoms with Gasteiger partial charge in [-0.05, 0) is 19.8 Å². The van der Waals surface area contributed by atoms with Gasteiger partial charge in [-0.15, -0.1) is 11.3 Å². The number of rotatable bonds is 4. The highest BCUT2D eigenvalue weighted by Gasteiger charge is 2.26. The highest BCUT2D eigenvalue weighted by atomic mass is 32.1. The Balaban J connectivity index is 2.22. The monoisotopic (exact) mass is 335 g/mol. The topological polar surface area (TPSA) is 124 Å². The van der Waals surface area contributed by atoms with E-state index in [4.69, 9.17) is 16.2 Å². The van der Waals surface area contributed by atoms with Crippen molar-refractivity contribution in [2.45, 2.75) is 19.8 Å². The van der Waals surface area contributed by atoms with Crippen LogP contribution in [-0.2, 0) is 4.74 Å². The molecule has 0 unspecified atom stereocenters. The number of hydrogen-bond acceptors (Lipinski definition) is 8. The standard InChI is InChI=1S/C14H17N5O3S/c1-2-22-13(21)9-7-8(15)10(11(16)20)23-12(7)18-14(17-9)19-5-3-4-6-19/h2-6,15H2,1H3,(H2,16,20). The maximum atomic E-state index is 12.3. The lowest BCUT2D eigenvalue weighted by Crippen LogP contribution is -2.22. The minimum atomic E-state index is -0.650. The van der Waals surface area contributed by atoms with Crippen LogP contribution in [0.5, 0.6) is 0 Å². The van der Waals surface area contributed by atoms with Gasteiger partial charge in [0.2, 0.25) is 5.95 Å². The van der Waals surface area contributed by atoms with E-state index in [2.05, 4.69) is 9.97 Å². The van der Waals surface area contributed by atoms with E-state index in [0.717, 1.165) is 37.3 Å². The second kappa shape index (κ2) is 5.99. The lowest BCUT2D eigenvalue weighted by atomic mass is 10.2. The van der Waals surface area contributed by atoms with Crippen LogP contribution in [0.25, 0.3) is 10.2 Å². The van der Waals surface area contributed by atoms with Gasteiger partial charge in [0, 0.05) is 13.1 Å². The molecule has 0 spiro atoms. The Hall–Kier alpha value is -2.42. The van der Waals surface area contributed by atoms with Crippen molar-refractivity contribution >= 4 is 45.1 Å². The summed E-state index contributed by atoms with van der Waals surface area (Å²) in [6, 6.07) is 0. The van der Waals surface area contributed by atoms with E-state index in [1.165, 1.54) is 0 Å². The summed E-state index contributed by atoms with van der Waals surface area (Å²) in [7, 11) is 0. The van der Waals surface area contributed by atoms with E-state index >= 15 is 0 Å². The number of ether oxygens (including phenoxy) is 1. The highest BCUT2D eigenvalue weighted by molar-refractivity contribution is 7.21. The van der Waals surface area contributed by atoms with Gasteiger partial charge in [0.15, 0.2) is 5.69 Å². The van der Waals surface area contributed by atoms with Crippen LogP contribution in [0.1, 0.15) is 39.9 Å². The van der Waals surface area contributed by atoms with Crippen LogP contribution in [0.2, 0.25) is 0 Å². The summed E-state index contributed by atoms with van der Waals surface area (Å²) in [6.45, 7) is 3.59. The van der Waals surface area contributed by atoms with Crippen molar-refractivity contribution in [1.82, 2.24) is 9.97 Å². The number of nitrogens with zero attached hydrogens (tertiary/aromatic N) is 3. The van der Waals surface area contributed by atoms with Crippen LogP contribution >= 0.6 is 11.3 Å². The number of primary amides is 1. The number of aromatic nitrogens is 2. The molecule has 1 fully saturated rings. The van der Waals surface area contributed by atoms with Crippen LogP contribution in [-0.4, -0.2) is 41.5 Å². The minimum absolute atomic E-state index is 0.0833. The number of amides is 1. The van der Waals surface area contributed by atoms with Crippen molar-refractivity contribution in [2.75, 3.05) is 30.3 Å². The van der Waals surface area contributed by atoms with Gasteiger partial charge in [0.25, 0.3) is 5.91 Å². The van der Waals surface area contributed by atoms with Gasteiger partial charge in [-0.1, -0.05) is 0 Å². The fourth-order valence-electron chi connectivity index (χ4n) is 2.60. The summed E-state index contributed by atoms with van der Waals surface area (Å²) in [5.74, 6) is -0.778. The highest BCUT2D eigenvalue weighted by Crippen LogP contribution is 2.35. The molecule has 0 radical (unpaired) electrons. The molecule has 23 heavy (non-hydrogen) atoms. The summed E-state index contributed by atoms with van der Waals surface area (Å²) in [5.41, 5.74) is 11.5. The first-order valence-electron chi connectivity index (χ1n) is 7.34. The number of nitrogens with two attached hydrogens (primary N) is 2. The molecule has 3 heterocycles. The fraction of sp³-hybridized carbons (Fsp3) is 0.429. The summed E-state index contributed by atoms with van der Waals surface area (Å²) < 4.78 is 5.06. The molecule has 1 aliphatic rings. The number of anilines is 2. The van der Waals surface area contributed by atoms with E-state index in [9.17, 15) is 9.59 Å². The van der Waals surface area contributed by atoms with Crippen LogP contribution in [0.4, 0.5) is 11.6 Å². The summed E-state index contributed by atoms with van der Waals surface area (Å²) in [6.07, 6.45) is 2.10. The summed E-state index contributed by atoms with van der Waals surface area (Å²) in [4.78, 5) is 35.2. The van der Waals surface area contributed by atoms with Gasteiger partial charge >= 0.3 is 5.97 Å². The normalized spacial score (nSPS) is 14.4. The molecule has 0 saturated carbocycles. The lowest BCUT2D eigenvalue weighted by Gasteiger charge is -2.15. The zero-order valence-corrected chi connectivity index (χ0v) is 13.5. The van der Waals surface area contributed by atoms with Crippen molar-refractivity contribution in [3.8, 4) is 0 Å². The Bertz CT molecular complexity index is 782. The van der Waals surface area contributed by atoms with E-state index in [0.29, 0.717) is 16.2 Å². The first kappa shape index (κ1) is 15.5. The first-order valence-corrected chi connectivity index (χ1v) is 8.16. The Kier molecular flexibility index (Phi) is 4.03. The molecule has 3 rings (SSSR count). The molecule has 0 aromatic carbocycles. The summed E-state index contributed by atoms with van der Waals surface area (Å²) in [5, 5.41) is 0.338. The van der Waals surface area contributed by atoms with E-state index < -0.39 is 11.9 Å². The Morgan fingerprint density at radius 3 is 2.61 bits per heavy atom. The molecule has 2 aromatic heterocycles. The van der Waals surface area contributed by atoms with Crippen LogP contribution in [0, 0.1) is 0 Å². The average molecular weight is 335 g/mol. The van der Waals surface area contributed by atoms with E-state index in [1.54, 1.807) is 6.92 Å². The first-order chi connectivity index (χ1) is 11.0. The number of nitrogen functional groups attached to an aromatic ring is 1. The smallest absolute Gasteiger partial charge is 0.357 e. The second-order valence-electron chi connectivity index (χ2n) is 5.18. The number of thiophene rings is 1. The number of carbonyl (C=O) groups excluding carboxylic acids is 2. The largest absolute Gasteiger partial charge is 0.461 e. The lowest BCUT2D eigenvalue weighted by molar-refractivity contribution is 0.0522. The van der Waals surface area contributed by atoms with Gasteiger partial charge < -0.3 is 21.1 Å². The van der Waals surface area contributed by atoms with Crippen LogP contribution in [0.15, 0.2) is 0 Å². The van der Waals surface area contributed by atoms with E-state index in [-0.39, 0.29) is 22.9 Å². The van der Waals surface area contributed by atoms with Crippen molar-refractivity contribution in [3.05, 3.63) is 10.6 Å². The van der Waals surface area contributed by atoms with Gasteiger partial charge in [-0.25, -0.2) is 14.8 Å². The van der Waals surface area contributed by atoms with Crippen molar-refractivity contribution in [3.63, 3.8) is 0 Å². The third kappa shape index (κ3) is 2.67. The third-order valence-electron chi connectivity index (χ3n) is 3.66. The molecular formula is C14H17N5O3S. The number of fused-ring (bicyclic) bond motifs is 1. The minimum Gasteiger partial charge on any atom is -0.461 e.